The first kappa shape index (κ1) is 29.4. The number of hydrogen-bond donors (Lipinski definition) is 2. The zero-order chi connectivity index (χ0) is 29.4. The third-order valence-corrected chi connectivity index (χ3v) is 14.8. The molecule has 0 heterocycles. The summed E-state index contributed by atoms with van der Waals surface area (Å²) in [5, 5.41) is 21.9. The first-order chi connectivity index (χ1) is 19.4. The first-order valence-corrected chi connectivity index (χ1v) is 16.5. The average molecular weight is 563 g/mol. The summed E-state index contributed by atoms with van der Waals surface area (Å²) in [6.07, 6.45) is 14.5. The van der Waals surface area contributed by atoms with Crippen molar-refractivity contribution in [2.75, 3.05) is 13.7 Å². The predicted octanol–water partition coefficient (Wildman–Crippen LogP) is 7.71. The summed E-state index contributed by atoms with van der Waals surface area (Å²) < 4.78 is 5.29. The highest BCUT2D eigenvalue weighted by Crippen LogP contribution is 2.77. The van der Waals surface area contributed by atoms with Gasteiger partial charge in [-0.2, -0.15) is 0 Å². The lowest BCUT2D eigenvalue weighted by molar-refractivity contribution is -0.249. The van der Waals surface area contributed by atoms with Crippen molar-refractivity contribution in [1.29, 1.82) is 0 Å². The fourth-order valence-electron chi connectivity index (χ4n) is 12.3. The van der Waals surface area contributed by atoms with Crippen molar-refractivity contribution < 1.29 is 19.7 Å². The maximum atomic E-state index is 13.9. The number of carbonyl (C=O) groups is 1. The topological polar surface area (TPSA) is 66.8 Å². The molecule has 5 saturated carbocycles. The van der Waals surface area contributed by atoms with Crippen molar-refractivity contribution in [2.24, 2.45) is 56.7 Å². The normalized spacial score (nSPS) is 46.7. The molecule has 2 N–H and O–H groups in total. The second-order valence-electron chi connectivity index (χ2n) is 16.2. The molecular weight excluding hydrogens is 508 g/mol. The minimum absolute atomic E-state index is 0.00268. The summed E-state index contributed by atoms with van der Waals surface area (Å²) in [4.78, 5) is 13.9. The molecule has 41 heavy (non-hydrogen) atoms. The van der Waals surface area contributed by atoms with E-state index < -0.39 is 0 Å². The molecule has 1 aromatic rings. The van der Waals surface area contributed by atoms with Crippen LogP contribution in [0, 0.1) is 56.7 Å². The van der Waals surface area contributed by atoms with Crippen LogP contribution in [0.5, 0.6) is 5.75 Å². The molecule has 5 fully saturated rings. The number of rotatable bonds is 5. The van der Waals surface area contributed by atoms with E-state index in [0.717, 1.165) is 49.8 Å². The van der Waals surface area contributed by atoms with Crippen LogP contribution in [-0.2, 0) is 4.79 Å². The van der Waals surface area contributed by atoms with Crippen LogP contribution >= 0.6 is 0 Å². The number of fused-ring (bicyclic) bond motifs is 7. The molecule has 4 nitrogen and oxygen atoms in total. The van der Waals surface area contributed by atoms with Crippen molar-refractivity contribution >= 4 is 11.9 Å². The van der Waals surface area contributed by atoms with Gasteiger partial charge in [0.2, 0.25) is 0 Å². The number of hydrogen-bond acceptors (Lipinski definition) is 4. The van der Waals surface area contributed by atoms with E-state index in [4.69, 9.17) is 4.74 Å². The minimum atomic E-state index is -0.201. The average Bonchev–Trinajstić information content (AvgIpc) is 3.35. The van der Waals surface area contributed by atoms with E-state index in [1.54, 1.807) is 7.11 Å². The van der Waals surface area contributed by atoms with Gasteiger partial charge in [0.15, 0.2) is 5.78 Å². The lowest BCUT2D eigenvalue weighted by Crippen LogP contribution is -2.67. The molecule has 0 radical (unpaired) electrons. The molecule has 6 rings (SSSR count). The fraction of sp³-hybridized carbons (Fsp3) is 0.757. The van der Waals surface area contributed by atoms with Crippen LogP contribution in [0.3, 0.4) is 0 Å². The number of ketones is 1. The summed E-state index contributed by atoms with van der Waals surface area (Å²) >= 11 is 0. The van der Waals surface area contributed by atoms with Crippen molar-refractivity contribution in [1.82, 2.24) is 0 Å². The molecule has 5 aliphatic rings. The van der Waals surface area contributed by atoms with Crippen LogP contribution in [-0.4, -0.2) is 35.8 Å². The Kier molecular flexibility index (Phi) is 7.14. The van der Waals surface area contributed by atoms with E-state index >= 15 is 0 Å². The fourth-order valence-corrected chi connectivity index (χ4v) is 12.3. The number of methoxy groups -OCH3 is 1. The number of ether oxygens (including phenoxy) is 1. The van der Waals surface area contributed by atoms with Gasteiger partial charge >= 0.3 is 0 Å². The van der Waals surface area contributed by atoms with Crippen molar-refractivity contribution in [2.45, 2.75) is 105 Å². The van der Waals surface area contributed by atoms with Crippen LogP contribution in [0.4, 0.5) is 0 Å². The van der Waals surface area contributed by atoms with Crippen LogP contribution < -0.4 is 4.74 Å². The van der Waals surface area contributed by atoms with Crippen molar-refractivity contribution in [3.8, 4) is 5.75 Å². The van der Waals surface area contributed by atoms with Gasteiger partial charge in [0.05, 0.1) is 13.2 Å². The summed E-state index contributed by atoms with van der Waals surface area (Å²) in [6.45, 7) is 12.6. The molecule has 10 atom stereocenters. The SMILES string of the molecule is COc1ccc(/C=C/C(=O)[C@@H]2CC[C@]3(CO)CC[C@]4(C)[C@H](CC[C@@H]5[C@@]6(C)CC[C@H](O)C(C)(C)[C@@H]6CC[C@]54C)[C@@H]23)cc1. The zero-order valence-electron chi connectivity index (χ0n) is 26.4. The van der Waals surface area contributed by atoms with Gasteiger partial charge in [0.25, 0.3) is 0 Å². The third kappa shape index (κ3) is 4.09. The molecular formula is C37H54O4. The Morgan fingerprint density at radius 3 is 2.29 bits per heavy atom. The first-order valence-electron chi connectivity index (χ1n) is 16.5. The summed E-state index contributed by atoms with van der Waals surface area (Å²) in [5.41, 5.74) is 1.49. The summed E-state index contributed by atoms with van der Waals surface area (Å²) in [7, 11) is 1.67. The highest BCUT2D eigenvalue weighted by atomic mass is 16.5. The molecule has 0 bridgehead atoms. The second-order valence-corrected chi connectivity index (χ2v) is 16.2. The molecule has 0 unspecified atom stereocenters. The van der Waals surface area contributed by atoms with Gasteiger partial charge in [0, 0.05) is 12.5 Å². The summed E-state index contributed by atoms with van der Waals surface area (Å²) in [6, 6.07) is 7.87. The van der Waals surface area contributed by atoms with E-state index in [0.29, 0.717) is 17.8 Å². The lowest BCUT2D eigenvalue weighted by atomic mass is 9.32. The Labute approximate surface area is 248 Å². The van der Waals surface area contributed by atoms with E-state index in [-0.39, 0.29) is 57.4 Å². The Morgan fingerprint density at radius 2 is 1.61 bits per heavy atom. The molecule has 0 aliphatic heterocycles. The van der Waals surface area contributed by atoms with E-state index in [2.05, 4.69) is 34.6 Å². The molecule has 0 spiro atoms. The third-order valence-electron chi connectivity index (χ3n) is 14.8. The largest absolute Gasteiger partial charge is 0.497 e. The van der Waals surface area contributed by atoms with Crippen LogP contribution in [0.25, 0.3) is 6.08 Å². The predicted molar refractivity (Wildman–Crippen MR) is 164 cm³/mol. The number of benzene rings is 1. The lowest BCUT2D eigenvalue weighted by Gasteiger charge is -2.72. The number of aliphatic hydroxyl groups is 2. The van der Waals surface area contributed by atoms with Gasteiger partial charge < -0.3 is 14.9 Å². The highest BCUT2D eigenvalue weighted by Gasteiger charge is 2.71. The Bertz CT molecular complexity index is 1190. The minimum Gasteiger partial charge on any atom is -0.497 e. The zero-order valence-corrected chi connectivity index (χ0v) is 26.4. The van der Waals surface area contributed by atoms with Gasteiger partial charge in [-0.25, -0.2) is 0 Å². The van der Waals surface area contributed by atoms with Crippen LogP contribution in [0.15, 0.2) is 30.3 Å². The van der Waals surface area contributed by atoms with Crippen molar-refractivity contribution in [3.05, 3.63) is 35.9 Å². The number of aliphatic hydroxyl groups excluding tert-OH is 2. The maximum absolute atomic E-state index is 13.9. The highest BCUT2D eigenvalue weighted by molar-refractivity contribution is 5.96. The van der Waals surface area contributed by atoms with Gasteiger partial charge in [-0.1, -0.05) is 52.8 Å². The standard InChI is InChI=1S/C37H54O4/c1-33(2)29-16-19-36(5)30(34(29,3)18-17-31(33)40)14-12-27-32-26(15-20-37(32,23-38)22-21-35(27,36)4)28(39)13-9-24-7-10-25(41-6)11-8-24/h7-11,13,26-27,29-32,38,40H,12,14-23H2,1-6H3/b13-9+/t26-,27+,29-,30+,31-,32+,34-,35+,36+,37+/m0/s1. The molecule has 1 aromatic carbocycles. The Hall–Kier alpha value is -1.65. The molecule has 0 saturated heterocycles. The quantitative estimate of drug-likeness (QED) is 0.361. The van der Waals surface area contributed by atoms with Crippen LogP contribution in [0.2, 0.25) is 0 Å². The molecule has 0 amide bonds. The van der Waals surface area contributed by atoms with Gasteiger partial charge in [-0.15, -0.1) is 0 Å². The molecule has 0 aromatic heterocycles. The molecule has 5 aliphatic carbocycles. The monoisotopic (exact) mass is 562 g/mol. The van der Waals surface area contributed by atoms with Gasteiger partial charge in [-0.05, 0) is 139 Å². The van der Waals surface area contributed by atoms with E-state index in [9.17, 15) is 15.0 Å². The van der Waals surface area contributed by atoms with Gasteiger partial charge in [0.1, 0.15) is 5.75 Å². The van der Waals surface area contributed by atoms with Gasteiger partial charge in [-0.3, -0.25) is 4.79 Å². The summed E-state index contributed by atoms with van der Waals surface area (Å²) in [5.74, 6) is 2.99. The Balaban J connectivity index is 1.31. The van der Waals surface area contributed by atoms with Crippen LogP contribution in [0.1, 0.15) is 104 Å². The van der Waals surface area contributed by atoms with Crippen molar-refractivity contribution in [3.63, 3.8) is 0 Å². The molecule has 4 heteroatoms. The number of carbonyl (C=O) groups excluding carboxylic acids is 1. The second kappa shape index (κ2) is 9.94. The number of allylic oxidation sites excluding steroid dienone is 1. The van der Waals surface area contributed by atoms with E-state index in [1.165, 1.54) is 25.7 Å². The molecule has 226 valence electrons. The smallest absolute Gasteiger partial charge is 0.159 e. The Morgan fingerprint density at radius 1 is 0.878 bits per heavy atom. The maximum Gasteiger partial charge on any atom is 0.159 e. The van der Waals surface area contributed by atoms with E-state index in [1.807, 2.05) is 36.4 Å².